The fourth-order valence-corrected chi connectivity index (χ4v) is 1.19. The quantitative estimate of drug-likeness (QED) is 0.830. The van der Waals surface area contributed by atoms with Crippen molar-refractivity contribution in [2.24, 2.45) is 0 Å². The van der Waals surface area contributed by atoms with Gasteiger partial charge in [0.2, 0.25) is 0 Å². The highest BCUT2D eigenvalue weighted by atomic mass is 35.5. The molecular formula is C10H15ClN2O5. The first-order chi connectivity index (χ1) is 8.04. The number of aromatic nitrogens is 2. The van der Waals surface area contributed by atoms with Crippen molar-refractivity contribution in [3.63, 3.8) is 0 Å². The van der Waals surface area contributed by atoms with Gasteiger partial charge in [0, 0.05) is 7.11 Å². The minimum atomic E-state index is -0.712. The van der Waals surface area contributed by atoms with Crippen LogP contribution >= 0.6 is 12.4 Å². The molecule has 1 N–H and O–H groups in total. The van der Waals surface area contributed by atoms with E-state index in [1.807, 2.05) is 0 Å². The SMILES string of the molecule is COC(=O)c1nc(C(C)OC)[nH]c1C(=O)OC.Cl. The van der Waals surface area contributed by atoms with Crippen molar-refractivity contribution in [1.29, 1.82) is 0 Å². The molecule has 102 valence electrons. The van der Waals surface area contributed by atoms with Crippen LogP contribution in [-0.2, 0) is 14.2 Å². The average Bonchev–Trinajstić information content (AvgIpc) is 2.80. The lowest BCUT2D eigenvalue weighted by atomic mass is 10.3. The Bertz CT molecular complexity index is 398. The van der Waals surface area contributed by atoms with Crippen LogP contribution < -0.4 is 0 Å². The first-order valence-electron chi connectivity index (χ1n) is 4.84. The summed E-state index contributed by atoms with van der Waals surface area (Å²) >= 11 is 0. The van der Waals surface area contributed by atoms with E-state index in [1.54, 1.807) is 6.92 Å². The van der Waals surface area contributed by atoms with Crippen molar-refractivity contribution in [2.45, 2.75) is 13.0 Å². The van der Waals surface area contributed by atoms with Crippen LogP contribution in [0.15, 0.2) is 0 Å². The van der Waals surface area contributed by atoms with Crippen LogP contribution in [0.3, 0.4) is 0 Å². The van der Waals surface area contributed by atoms with Crippen molar-refractivity contribution in [3.05, 3.63) is 17.2 Å². The lowest BCUT2D eigenvalue weighted by molar-refractivity contribution is 0.0548. The number of H-pyrrole nitrogens is 1. The third-order valence-electron chi connectivity index (χ3n) is 2.23. The number of nitrogens with one attached hydrogen (secondary N) is 1. The van der Waals surface area contributed by atoms with Crippen molar-refractivity contribution in [3.8, 4) is 0 Å². The standard InChI is InChI=1S/C10H14N2O5.ClH/c1-5(15-2)8-11-6(9(13)16-3)7(12-8)10(14)17-4;/h5H,1-4H3,(H,11,12);1H. The molecule has 1 heterocycles. The van der Waals surface area contributed by atoms with Crippen LogP contribution in [0.4, 0.5) is 0 Å². The molecule has 7 nitrogen and oxygen atoms in total. The summed E-state index contributed by atoms with van der Waals surface area (Å²) in [5, 5.41) is 0. The zero-order valence-electron chi connectivity index (χ0n) is 10.5. The monoisotopic (exact) mass is 278 g/mol. The van der Waals surface area contributed by atoms with Crippen LogP contribution in [0.5, 0.6) is 0 Å². The number of halogens is 1. The molecule has 0 fully saturated rings. The summed E-state index contributed by atoms with van der Waals surface area (Å²) in [4.78, 5) is 29.5. The highest BCUT2D eigenvalue weighted by molar-refractivity contribution is 6.00. The molecule has 1 aromatic rings. The molecule has 0 aromatic carbocycles. The zero-order valence-corrected chi connectivity index (χ0v) is 11.3. The van der Waals surface area contributed by atoms with Gasteiger partial charge < -0.3 is 19.2 Å². The molecule has 1 aromatic heterocycles. The Labute approximate surface area is 110 Å². The van der Waals surface area contributed by atoms with E-state index in [0.29, 0.717) is 5.82 Å². The van der Waals surface area contributed by atoms with Gasteiger partial charge in [0.25, 0.3) is 0 Å². The van der Waals surface area contributed by atoms with Gasteiger partial charge in [0.1, 0.15) is 11.9 Å². The maximum atomic E-state index is 11.4. The summed E-state index contributed by atoms with van der Waals surface area (Å²) in [7, 11) is 3.91. The molecule has 1 unspecified atom stereocenters. The van der Waals surface area contributed by atoms with E-state index in [-0.39, 0.29) is 29.9 Å². The van der Waals surface area contributed by atoms with E-state index < -0.39 is 11.9 Å². The molecule has 0 saturated heterocycles. The Hall–Kier alpha value is -1.60. The molecule has 0 amide bonds. The van der Waals surface area contributed by atoms with Crippen molar-refractivity contribution in [2.75, 3.05) is 21.3 Å². The molecule has 18 heavy (non-hydrogen) atoms. The highest BCUT2D eigenvalue weighted by Crippen LogP contribution is 2.16. The van der Waals surface area contributed by atoms with E-state index in [2.05, 4.69) is 19.4 Å². The predicted octanol–water partition coefficient (Wildman–Crippen LogP) is 1.11. The second-order valence-corrected chi connectivity index (χ2v) is 3.21. The van der Waals surface area contributed by atoms with Gasteiger partial charge in [0.15, 0.2) is 11.4 Å². The summed E-state index contributed by atoms with van der Waals surface area (Å²) < 4.78 is 14.1. The molecule has 8 heteroatoms. The molecule has 0 spiro atoms. The molecule has 1 atom stereocenters. The second-order valence-electron chi connectivity index (χ2n) is 3.21. The number of ether oxygens (including phenoxy) is 3. The molecule has 1 rings (SSSR count). The molecule has 0 aliphatic heterocycles. The first-order valence-corrected chi connectivity index (χ1v) is 4.84. The average molecular weight is 279 g/mol. The molecule has 0 radical (unpaired) electrons. The van der Waals surface area contributed by atoms with Crippen LogP contribution in [0.25, 0.3) is 0 Å². The maximum Gasteiger partial charge on any atom is 0.359 e. The number of nitrogens with zero attached hydrogens (tertiary/aromatic N) is 1. The van der Waals surface area contributed by atoms with E-state index in [4.69, 9.17) is 4.74 Å². The zero-order chi connectivity index (χ0) is 13.0. The number of esters is 2. The summed E-state index contributed by atoms with van der Waals surface area (Å²) in [5.41, 5.74) is -0.156. The normalized spacial score (nSPS) is 11.3. The Morgan fingerprint density at radius 2 is 1.72 bits per heavy atom. The second kappa shape index (κ2) is 6.97. The van der Waals surface area contributed by atoms with Gasteiger partial charge in [-0.15, -0.1) is 12.4 Å². The van der Waals surface area contributed by atoms with Crippen molar-refractivity contribution < 1.29 is 23.8 Å². The molecule has 0 saturated carbocycles. The van der Waals surface area contributed by atoms with Gasteiger partial charge >= 0.3 is 11.9 Å². The summed E-state index contributed by atoms with van der Waals surface area (Å²) in [6.07, 6.45) is -0.378. The van der Waals surface area contributed by atoms with E-state index in [9.17, 15) is 9.59 Å². The van der Waals surface area contributed by atoms with Gasteiger partial charge in [-0.1, -0.05) is 0 Å². The van der Waals surface area contributed by atoms with Gasteiger partial charge in [-0.25, -0.2) is 14.6 Å². The summed E-state index contributed by atoms with van der Waals surface area (Å²) in [6.45, 7) is 1.72. The van der Waals surface area contributed by atoms with Crippen LogP contribution in [0.1, 0.15) is 39.8 Å². The lowest BCUT2D eigenvalue weighted by Crippen LogP contribution is -2.11. The Balaban J connectivity index is 0.00000289. The summed E-state index contributed by atoms with van der Waals surface area (Å²) in [6, 6.07) is 0. The van der Waals surface area contributed by atoms with E-state index >= 15 is 0 Å². The highest BCUT2D eigenvalue weighted by Gasteiger charge is 2.25. The lowest BCUT2D eigenvalue weighted by Gasteiger charge is -2.03. The van der Waals surface area contributed by atoms with Crippen LogP contribution in [0.2, 0.25) is 0 Å². The molecule has 0 aliphatic carbocycles. The third kappa shape index (κ3) is 3.21. The van der Waals surface area contributed by atoms with Crippen molar-refractivity contribution >= 4 is 24.3 Å². The minimum absolute atomic E-state index is 0. The molecular weight excluding hydrogens is 264 g/mol. The van der Waals surface area contributed by atoms with Crippen LogP contribution in [-0.4, -0.2) is 43.2 Å². The Morgan fingerprint density at radius 3 is 2.17 bits per heavy atom. The topological polar surface area (TPSA) is 90.5 Å². The number of hydrogen-bond donors (Lipinski definition) is 1. The van der Waals surface area contributed by atoms with Crippen molar-refractivity contribution in [1.82, 2.24) is 9.97 Å². The van der Waals surface area contributed by atoms with E-state index in [0.717, 1.165) is 0 Å². The summed E-state index contributed by atoms with van der Waals surface area (Å²) in [5.74, 6) is -1.04. The van der Waals surface area contributed by atoms with Gasteiger partial charge in [-0.3, -0.25) is 0 Å². The third-order valence-corrected chi connectivity index (χ3v) is 2.23. The fraction of sp³-hybridized carbons (Fsp3) is 0.500. The van der Waals surface area contributed by atoms with Gasteiger partial charge in [-0.05, 0) is 6.92 Å². The van der Waals surface area contributed by atoms with E-state index in [1.165, 1.54) is 21.3 Å². The largest absolute Gasteiger partial charge is 0.464 e. The number of methoxy groups -OCH3 is 3. The number of carbonyl (C=O) groups excluding carboxylic acids is 2. The minimum Gasteiger partial charge on any atom is -0.464 e. The van der Waals surface area contributed by atoms with Gasteiger partial charge in [0.05, 0.1) is 14.2 Å². The Morgan fingerprint density at radius 1 is 1.17 bits per heavy atom. The molecule has 0 aliphatic rings. The van der Waals surface area contributed by atoms with Gasteiger partial charge in [-0.2, -0.15) is 0 Å². The number of imidazole rings is 1. The molecule has 0 bridgehead atoms. The number of hydrogen-bond acceptors (Lipinski definition) is 6. The number of rotatable bonds is 4. The number of aromatic amines is 1. The first kappa shape index (κ1) is 16.4. The van der Waals surface area contributed by atoms with Crippen LogP contribution in [0, 0.1) is 0 Å². The maximum absolute atomic E-state index is 11.4. The Kier molecular flexibility index (Phi) is 6.35. The predicted molar refractivity (Wildman–Crippen MR) is 63.9 cm³/mol. The number of carbonyl (C=O) groups is 2. The fourth-order valence-electron chi connectivity index (χ4n) is 1.19. The smallest absolute Gasteiger partial charge is 0.359 e.